The molecule has 16 heavy (non-hydrogen) atoms. The molecule has 0 spiro atoms. The zero-order valence-corrected chi connectivity index (χ0v) is 9.14. The molecule has 1 unspecified atom stereocenters. The van der Waals surface area contributed by atoms with Crippen molar-refractivity contribution in [1.29, 1.82) is 0 Å². The van der Waals surface area contributed by atoms with Gasteiger partial charge in [0.2, 0.25) is 0 Å². The van der Waals surface area contributed by atoms with E-state index >= 15 is 0 Å². The maximum atomic E-state index is 9.97. The Morgan fingerprint density at radius 1 is 1.44 bits per heavy atom. The van der Waals surface area contributed by atoms with Gasteiger partial charge in [-0.1, -0.05) is 18.2 Å². The van der Waals surface area contributed by atoms with Crippen molar-refractivity contribution in [3.05, 3.63) is 41.6 Å². The van der Waals surface area contributed by atoms with Gasteiger partial charge in [0.25, 0.3) is 0 Å². The predicted molar refractivity (Wildman–Crippen MR) is 64.9 cm³/mol. The molecule has 2 heteroatoms. The topological polar surface area (TPSA) is 33.1 Å². The number of terminal acetylenes is 1. The number of rotatable bonds is 2. The quantitative estimate of drug-likeness (QED) is 0.774. The van der Waals surface area contributed by atoms with Crippen LogP contribution in [0.5, 0.6) is 0 Å². The van der Waals surface area contributed by atoms with E-state index in [-0.39, 0.29) is 0 Å². The first-order valence-electron chi connectivity index (χ1n) is 5.20. The molecule has 0 saturated carbocycles. The average molecular weight is 211 g/mol. The molecule has 0 amide bonds. The first-order valence-corrected chi connectivity index (χ1v) is 5.20. The van der Waals surface area contributed by atoms with Crippen molar-refractivity contribution in [3.63, 3.8) is 0 Å². The van der Waals surface area contributed by atoms with Crippen molar-refractivity contribution in [3.8, 4) is 12.3 Å². The molecule has 0 saturated heterocycles. The fourth-order valence-electron chi connectivity index (χ4n) is 1.84. The molecule has 1 heterocycles. The number of aliphatic hydroxyl groups excluding tert-OH is 1. The zero-order valence-electron chi connectivity index (χ0n) is 9.14. The highest BCUT2D eigenvalue weighted by Crippen LogP contribution is 2.25. The Morgan fingerprint density at radius 2 is 2.19 bits per heavy atom. The molecule has 0 bridgehead atoms. The van der Waals surface area contributed by atoms with Crippen molar-refractivity contribution < 1.29 is 5.11 Å². The maximum Gasteiger partial charge on any atom is 0.0906 e. The van der Waals surface area contributed by atoms with Gasteiger partial charge in [0.1, 0.15) is 0 Å². The lowest BCUT2D eigenvalue weighted by Crippen LogP contribution is -1.99. The molecule has 80 valence electrons. The summed E-state index contributed by atoms with van der Waals surface area (Å²) < 4.78 is 0. The molecule has 2 rings (SSSR count). The first kappa shape index (κ1) is 10.7. The van der Waals surface area contributed by atoms with Gasteiger partial charge in [-0.3, -0.25) is 4.98 Å². The Morgan fingerprint density at radius 3 is 2.94 bits per heavy atom. The van der Waals surface area contributed by atoms with Crippen LogP contribution in [0.1, 0.15) is 23.8 Å². The van der Waals surface area contributed by atoms with Crippen LogP contribution in [0.3, 0.4) is 0 Å². The van der Waals surface area contributed by atoms with Gasteiger partial charge >= 0.3 is 0 Å². The molecule has 1 aromatic carbocycles. The zero-order chi connectivity index (χ0) is 11.5. The Balaban J connectivity index is 2.63. The van der Waals surface area contributed by atoms with Crippen molar-refractivity contribution in [2.45, 2.75) is 19.4 Å². The summed E-state index contributed by atoms with van der Waals surface area (Å²) in [6.45, 7) is 1.92. The SMILES string of the molecule is C#CCC(O)c1cc(C)nc2ccccc12. The van der Waals surface area contributed by atoms with Crippen LogP contribution < -0.4 is 0 Å². The Bertz CT molecular complexity index is 554. The lowest BCUT2D eigenvalue weighted by atomic mass is 10.0. The highest BCUT2D eigenvalue weighted by atomic mass is 16.3. The molecule has 0 fully saturated rings. The molecule has 0 radical (unpaired) electrons. The maximum absolute atomic E-state index is 9.97. The summed E-state index contributed by atoms with van der Waals surface area (Å²) in [5.74, 6) is 2.48. The summed E-state index contributed by atoms with van der Waals surface area (Å²) in [5.41, 5.74) is 2.65. The number of fused-ring (bicyclic) bond motifs is 1. The highest BCUT2D eigenvalue weighted by Gasteiger charge is 2.11. The van der Waals surface area contributed by atoms with Crippen molar-refractivity contribution in [1.82, 2.24) is 4.98 Å². The van der Waals surface area contributed by atoms with Crippen LogP contribution in [0.2, 0.25) is 0 Å². The summed E-state index contributed by atoms with van der Waals surface area (Å²) in [7, 11) is 0. The molecular weight excluding hydrogens is 198 g/mol. The molecule has 2 aromatic rings. The fourth-order valence-corrected chi connectivity index (χ4v) is 1.84. The van der Waals surface area contributed by atoms with Gasteiger partial charge in [-0.15, -0.1) is 12.3 Å². The summed E-state index contributed by atoms with van der Waals surface area (Å²) in [6.07, 6.45) is 4.94. The molecule has 1 N–H and O–H groups in total. The molecule has 0 aliphatic rings. The van der Waals surface area contributed by atoms with Crippen LogP contribution in [-0.4, -0.2) is 10.1 Å². The van der Waals surface area contributed by atoms with Crippen molar-refractivity contribution in [2.75, 3.05) is 0 Å². The summed E-state index contributed by atoms with van der Waals surface area (Å²) >= 11 is 0. The van der Waals surface area contributed by atoms with E-state index in [4.69, 9.17) is 6.42 Å². The van der Waals surface area contributed by atoms with E-state index < -0.39 is 6.10 Å². The number of aliphatic hydroxyl groups is 1. The lowest BCUT2D eigenvalue weighted by molar-refractivity contribution is 0.185. The van der Waals surface area contributed by atoms with Crippen molar-refractivity contribution >= 4 is 10.9 Å². The largest absolute Gasteiger partial charge is 0.387 e. The third kappa shape index (κ3) is 1.91. The van der Waals surface area contributed by atoms with Crippen LogP contribution in [0.25, 0.3) is 10.9 Å². The summed E-state index contributed by atoms with van der Waals surface area (Å²) in [6, 6.07) is 9.66. The van der Waals surface area contributed by atoms with Crippen LogP contribution in [0.4, 0.5) is 0 Å². The lowest BCUT2D eigenvalue weighted by Gasteiger charge is -2.11. The Hall–Kier alpha value is -1.85. The van der Waals surface area contributed by atoms with E-state index in [1.54, 1.807) is 0 Å². The number of aryl methyl sites for hydroxylation is 1. The number of para-hydroxylation sites is 1. The van der Waals surface area contributed by atoms with E-state index in [1.807, 2.05) is 37.3 Å². The van der Waals surface area contributed by atoms with Gasteiger partial charge < -0.3 is 5.11 Å². The third-order valence-corrected chi connectivity index (χ3v) is 2.55. The number of nitrogens with zero attached hydrogens (tertiary/aromatic N) is 1. The molecular formula is C14H13NO. The monoisotopic (exact) mass is 211 g/mol. The second-order valence-corrected chi connectivity index (χ2v) is 3.79. The highest BCUT2D eigenvalue weighted by molar-refractivity contribution is 5.82. The van der Waals surface area contributed by atoms with Crippen LogP contribution in [0, 0.1) is 19.3 Å². The smallest absolute Gasteiger partial charge is 0.0906 e. The van der Waals surface area contributed by atoms with Gasteiger partial charge in [0.15, 0.2) is 0 Å². The minimum atomic E-state index is -0.614. The van der Waals surface area contributed by atoms with Crippen LogP contribution in [0.15, 0.2) is 30.3 Å². The first-order chi connectivity index (χ1) is 7.72. The number of aromatic nitrogens is 1. The number of hydrogen-bond donors (Lipinski definition) is 1. The van der Waals surface area contributed by atoms with E-state index in [0.717, 1.165) is 22.2 Å². The van der Waals surface area contributed by atoms with Gasteiger partial charge in [0.05, 0.1) is 11.6 Å². The predicted octanol–water partition coefficient (Wildman–Crippen LogP) is 2.60. The van der Waals surface area contributed by atoms with E-state index in [2.05, 4.69) is 10.9 Å². The van der Waals surface area contributed by atoms with Crippen LogP contribution in [-0.2, 0) is 0 Å². The second-order valence-electron chi connectivity index (χ2n) is 3.79. The van der Waals surface area contributed by atoms with Gasteiger partial charge in [-0.25, -0.2) is 0 Å². The number of benzene rings is 1. The van der Waals surface area contributed by atoms with Gasteiger partial charge in [0, 0.05) is 17.5 Å². The fraction of sp³-hybridized carbons (Fsp3) is 0.214. The summed E-state index contributed by atoms with van der Waals surface area (Å²) in [4.78, 5) is 4.42. The Labute approximate surface area is 95.0 Å². The van der Waals surface area contributed by atoms with Gasteiger partial charge in [-0.05, 0) is 24.6 Å². The molecule has 1 atom stereocenters. The molecule has 1 aromatic heterocycles. The average Bonchev–Trinajstić information content (AvgIpc) is 2.28. The normalized spacial score (nSPS) is 12.3. The van der Waals surface area contributed by atoms with Gasteiger partial charge in [-0.2, -0.15) is 0 Å². The molecule has 0 aliphatic heterocycles. The summed E-state index contributed by atoms with van der Waals surface area (Å²) in [5, 5.41) is 10.9. The van der Waals surface area contributed by atoms with E-state index in [1.165, 1.54) is 0 Å². The van der Waals surface area contributed by atoms with Crippen molar-refractivity contribution in [2.24, 2.45) is 0 Å². The number of pyridine rings is 1. The minimum absolute atomic E-state index is 0.327. The third-order valence-electron chi connectivity index (χ3n) is 2.55. The minimum Gasteiger partial charge on any atom is -0.387 e. The second kappa shape index (κ2) is 4.34. The van der Waals surface area contributed by atoms with E-state index in [9.17, 15) is 5.11 Å². The Kier molecular flexibility index (Phi) is 2.89. The van der Waals surface area contributed by atoms with Crippen LogP contribution >= 0.6 is 0 Å². The van der Waals surface area contributed by atoms with E-state index in [0.29, 0.717) is 6.42 Å². The standard InChI is InChI=1S/C14H13NO/c1-3-6-14(16)12-9-10(2)15-13-8-5-4-7-11(12)13/h1,4-5,7-9,14,16H,6H2,2H3. The molecule has 0 aliphatic carbocycles. The molecule has 2 nitrogen and oxygen atoms in total. The number of hydrogen-bond acceptors (Lipinski definition) is 2.